The fourth-order valence-electron chi connectivity index (χ4n) is 6.19. The van der Waals surface area contributed by atoms with Gasteiger partial charge < -0.3 is 10.2 Å². The van der Waals surface area contributed by atoms with Crippen LogP contribution in [0.25, 0.3) is 0 Å². The van der Waals surface area contributed by atoms with E-state index in [9.17, 15) is 17.6 Å². The van der Waals surface area contributed by atoms with Crippen LogP contribution < -0.4 is 5.32 Å². The quantitative estimate of drug-likeness (QED) is 0.805. The molecule has 27 heavy (non-hydrogen) atoms. The Labute approximate surface area is 159 Å². The lowest BCUT2D eigenvalue weighted by atomic mass is 9.53. The number of hydrogen-bond donors (Lipinski definition) is 1. The highest BCUT2D eigenvalue weighted by Gasteiger charge is 2.52. The van der Waals surface area contributed by atoms with Gasteiger partial charge in [-0.1, -0.05) is 0 Å². The first-order valence-electron chi connectivity index (χ1n) is 9.90. The summed E-state index contributed by atoms with van der Waals surface area (Å²) in [6.07, 6.45) is 7.19. The van der Waals surface area contributed by atoms with Crippen LogP contribution in [0.2, 0.25) is 0 Å². The highest BCUT2D eigenvalue weighted by Crippen LogP contribution is 2.55. The lowest BCUT2D eigenvalue weighted by Gasteiger charge is -2.57. The first kappa shape index (κ1) is 17.5. The second kappa shape index (κ2) is 5.93. The van der Waals surface area contributed by atoms with Crippen molar-refractivity contribution in [3.05, 3.63) is 30.1 Å². The summed E-state index contributed by atoms with van der Waals surface area (Å²) in [5.74, 6) is 1.79. The van der Waals surface area contributed by atoms with Gasteiger partial charge in [-0.15, -0.1) is 0 Å². The molecule has 2 amide bonds. The highest BCUT2D eigenvalue weighted by molar-refractivity contribution is 7.92. The molecule has 7 heteroatoms. The van der Waals surface area contributed by atoms with Gasteiger partial charge in [0.15, 0.2) is 9.84 Å². The van der Waals surface area contributed by atoms with Crippen LogP contribution in [0.15, 0.2) is 29.2 Å². The molecule has 4 bridgehead atoms. The van der Waals surface area contributed by atoms with E-state index >= 15 is 0 Å². The molecule has 4 aliphatic carbocycles. The third-order valence-corrected chi connectivity index (χ3v) is 9.23. The SMILES string of the molecule is O=C(NC12CC3CC(CC(C3)C1)C2)N1CC(S(=O)(=O)c2ccc(F)cc2)C1. The maximum absolute atomic E-state index is 13.0. The number of hydrogen-bond acceptors (Lipinski definition) is 3. The molecule has 4 saturated carbocycles. The third-order valence-electron chi connectivity index (χ3n) is 7.13. The molecule has 6 rings (SSSR count). The molecule has 1 aromatic rings. The van der Waals surface area contributed by atoms with Crippen molar-refractivity contribution in [2.24, 2.45) is 17.8 Å². The van der Waals surface area contributed by atoms with E-state index in [1.54, 1.807) is 4.90 Å². The van der Waals surface area contributed by atoms with Crippen molar-refractivity contribution in [1.29, 1.82) is 0 Å². The van der Waals surface area contributed by atoms with Gasteiger partial charge in [-0.3, -0.25) is 0 Å². The van der Waals surface area contributed by atoms with E-state index < -0.39 is 20.9 Å². The Hall–Kier alpha value is -1.63. The number of amides is 2. The predicted molar refractivity (Wildman–Crippen MR) is 98.4 cm³/mol. The van der Waals surface area contributed by atoms with Gasteiger partial charge in [0.1, 0.15) is 11.1 Å². The number of carbonyl (C=O) groups is 1. The van der Waals surface area contributed by atoms with Gasteiger partial charge in [0.2, 0.25) is 0 Å². The van der Waals surface area contributed by atoms with Crippen molar-refractivity contribution >= 4 is 15.9 Å². The molecule has 1 N–H and O–H groups in total. The van der Waals surface area contributed by atoms with E-state index in [1.807, 2.05) is 0 Å². The normalized spacial score (nSPS) is 35.1. The Balaban J connectivity index is 1.22. The van der Waals surface area contributed by atoms with Crippen molar-refractivity contribution in [3.63, 3.8) is 0 Å². The number of nitrogens with zero attached hydrogens (tertiary/aromatic N) is 1. The molecule has 0 atom stereocenters. The zero-order valence-corrected chi connectivity index (χ0v) is 16.1. The Morgan fingerprint density at radius 2 is 1.52 bits per heavy atom. The fraction of sp³-hybridized carbons (Fsp3) is 0.650. The molecule has 0 spiro atoms. The topological polar surface area (TPSA) is 66.5 Å². The van der Waals surface area contributed by atoms with E-state index in [0.29, 0.717) is 0 Å². The molecule has 1 heterocycles. The Morgan fingerprint density at radius 3 is 2.04 bits per heavy atom. The molecule has 1 aliphatic heterocycles. The van der Waals surface area contributed by atoms with Crippen LogP contribution in [0.3, 0.4) is 0 Å². The van der Waals surface area contributed by atoms with Gasteiger partial charge in [0, 0.05) is 18.6 Å². The van der Waals surface area contributed by atoms with Crippen LogP contribution in [0, 0.1) is 23.6 Å². The molecule has 1 aromatic carbocycles. The van der Waals surface area contributed by atoms with Gasteiger partial charge in [0.25, 0.3) is 0 Å². The van der Waals surface area contributed by atoms with E-state index in [4.69, 9.17) is 0 Å². The minimum absolute atomic E-state index is 0.0627. The summed E-state index contributed by atoms with van der Waals surface area (Å²) >= 11 is 0. The fourth-order valence-corrected chi connectivity index (χ4v) is 7.84. The minimum atomic E-state index is -3.53. The second-order valence-electron chi connectivity index (χ2n) is 9.15. The number of likely N-dealkylation sites (tertiary alicyclic amines) is 1. The molecule has 5 nitrogen and oxygen atoms in total. The summed E-state index contributed by atoms with van der Waals surface area (Å²) in [7, 11) is -3.53. The van der Waals surface area contributed by atoms with Crippen LogP contribution in [0.5, 0.6) is 0 Å². The number of sulfone groups is 1. The monoisotopic (exact) mass is 392 g/mol. The van der Waals surface area contributed by atoms with E-state index in [1.165, 1.54) is 31.4 Å². The van der Waals surface area contributed by atoms with Gasteiger partial charge in [0.05, 0.1) is 4.90 Å². The van der Waals surface area contributed by atoms with E-state index in [0.717, 1.165) is 49.1 Å². The molecule has 0 aromatic heterocycles. The molecule has 0 unspecified atom stereocenters. The van der Waals surface area contributed by atoms with Crippen LogP contribution in [0.1, 0.15) is 38.5 Å². The highest BCUT2D eigenvalue weighted by atomic mass is 32.2. The molecule has 5 aliphatic rings. The lowest BCUT2D eigenvalue weighted by molar-refractivity contribution is -0.0166. The van der Waals surface area contributed by atoms with Crippen molar-refractivity contribution in [2.45, 2.75) is 54.2 Å². The summed E-state index contributed by atoms with van der Waals surface area (Å²) < 4.78 is 38.3. The summed E-state index contributed by atoms with van der Waals surface area (Å²) in [5, 5.41) is 2.68. The van der Waals surface area contributed by atoms with E-state index in [-0.39, 0.29) is 29.6 Å². The number of carbonyl (C=O) groups excluding carboxylic acids is 1. The molecular formula is C20H25FN2O3S. The van der Waals surface area contributed by atoms with E-state index in [2.05, 4.69) is 5.32 Å². The number of rotatable bonds is 3. The Morgan fingerprint density at radius 1 is 1.00 bits per heavy atom. The third kappa shape index (κ3) is 2.94. The Bertz CT molecular complexity index is 826. The smallest absolute Gasteiger partial charge is 0.317 e. The first-order valence-corrected chi connectivity index (χ1v) is 11.4. The molecular weight excluding hydrogens is 367 g/mol. The average Bonchev–Trinajstić information content (AvgIpc) is 2.51. The number of halogens is 1. The zero-order valence-electron chi connectivity index (χ0n) is 15.2. The zero-order chi connectivity index (χ0) is 18.8. The van der Waals surface area contributed by atoms with Crippen LogP contribution in [0.4, 0.5) is 9.18 Å². The number of urea groups is 1. The number of benzene rings is 1. The summed E-state index contributed by atoms with van der Waals surface area (Å²) in [6.45, 7) is 0.413. The van der Waals surface area contributed by atoms with Crippen LogP contribution in [-0.4, -0.2) is 43.2 Å². The van der Waals surface area contributed by atoms with Crippen molar-refractivity contribution in [3.8, 4) is 0 Å². The maximum atomic E-state index is 13.0. The molecule has 5 fully saturated rings. The minimum Gasteiger partial charge on any atom is -0.333 e. The molecule has 1 saturated heterocycles. The maximum Gasteiger partial charge on any atom is 0.317 e. The summed E-state index contributed by atoms with van der Waals surface area (Å²) in [6, 6.07) is 4.78. The van der Waals surface area contributed by atoms with Crippen molar-refractivity contribution < 1.29 is 17.6 Å². The second-order valence-corrected chi connectivity index (χ2v) is 11.4. The Kier molecular flexibility index (Phi) is 3.84. The van der Waals surface area contributed by atoms with Gasteiger partial charge in [-0.05, 0) is 80.5 Å². The number of nitrogens with one attached hydrogen (secondary N) is 1. The van der Waals surface area contributed by atoms with Gasteiger partial charge in [-0.25, -0.2) is 17.6 Å². The van der Waals surface area contributed by atoms with Crippen LogP contribution >= 0.6 is 0 Å². The standard InChI is InChI=1S/C20H25FN2O3S/c21-16-1-3-17(4-2-16)27(25,26)18-11-23(12-18)19(24)22-20-8-13-5-14(9-20)7-15(6-13)10-20/h1-4,13-15,18H,5-12H2,(H,22,24). The van der Waals surface area contributed by atoms with Crippen molar-refractivity contribution in [2.75, 3.05) is 13.1 Å². The average molecular weight is 392 g/mol. The van der Waals surface area contributed by atoms with Crippen LogP contribution in [-0.2, 0) is 9.84 Å². The largest absolute Gasteiger partial charge is 0.333 e. The van der Waals surface area contributed by atoms with Gasteiger partial charge in [-0.2, -0.15) is 0 Å². The predicted octanol–water partition coefficient (Wildman–Crippen LogP) is 2.96. The van der Waals surface area contributed by atoms with Crippen molar-refractivity contribution in [1.82, 2.24) is 10.2 Å². The summed E-state index contributed by atoms with van der Waals surface area (Å²) in [4.78, 5) is 14.5. The summed E-state index contributed by atoms with van der Waals surface area (Å²) in [5.41, 5.74) is -0.0627. The van der Waals surface area contributed by atoms with Gasteiger partial charge >= 0.3 is 6.03 Å². The lowest BCUT2D eigenvalue weighted by Crippen LogP contribution is -2.66. The molecule has 0 radical (unpaired) electrons. The first-order chi connectivity index (χ1) is 12.8. The molecule has 146 valence electrons.